The van der Waals surface area contributed by atoms with Gasteiger partial charge in [0.2, 0.25) is 0 Å². The Morgan fingerprint density at radius 2 is 1.69 bits per heavy atom. The molecule has 1 aromatic carbocycles. The average Bonchev–Trinajstić information content (AvgIpc) is 2.43. The van der Waals surface area contributed by atoms with Crippen LogP contribution in [0.25, 0.3) is 0 Å². The predicted octanol–water partition coefficient (Wildman–Crippen LogP) is 4.62. The zero-order valence-electron chi connectivity index (χ0n) is 15.9. The zero-order valence-corrected chi connectivity index (χ0v) is 17.5. The number of amides is 1. The molecular weight excluding hydrogens is 404 g/mol. The summed E-state index contributed by atoms with van der Waals surface area (Å²) in [6.07, 6.45) is -0.710. The maximum Gasteiger partial charge on any atom is 0.408 e. The molecule has 26 heavy (non-hydrogen) atoms. The summed E-state index contributed by atoms with van der Waals surface area (Å²) in [4.78, 5) is 35.7. The second-order valence-electron chi connectivity index (χ2n) is 7.80. The Hall–Kier alpha value is -1.96. The summed E-state index contributed by atoms with van der Waals surface area (Å²) < 4.78 is 11.3. The summed E-state index contributed by atoms with van der Waals surface area (Å²) in [7, 11) is 0. The Kier molecular flexibility index (Phi) is 7.32. The van der Waals surface area contributed by atoms with Crippen LogP contribution >= 0.6 is 15.9 Å². The number of nitrogens with one attached hydrogen (secondary N) is 1. The Morgan fingerprint density at radius 3 is 2.19 bits per heavy atom. The SMILES string of the molecule is CC(C)(C)OC(=O)N[C@@H](Cc1cc(Br)ccc1N=O)C(=O)OC(C)(C)C. The number of ether oxygens (including phenoxy) is 2. The zero-order chi connectivity index (χ0) is 20.1. The van der Waals surface area contributed by atoms with Crippen LogP contribution in [0.1, 0.15) is 47.1 Å². The molecule has 0 fully saturated rings. The fourth-order valence-electron chi connectivity index (χ4n) is 2.04. The van der Waals surface area contributed by atoms with E-state index >= 15 is 0 Å². The molecule has 8 heteroatoms. The van der Waals surface area contributed by atoms with Gasteiger partial charge in [0, 0.05) is 10.9 Å². The average molecular weight is 429 g/mol. The van der Waals surface area contributed by atoms with Gasteiger partial charge in [0.05, 0.1) is 0 Å². The third kappa shape index (κ3) is 7.95. The fraction of sp³-hybridized carbons (Fsp3) is 0.556. The summed E-state index contributed by atoms with van der Waals surface area (Å²) in [5, 5.41) is 5.49. The molecular formula is C18H25BrN2O5. The maximum atomic E-state index is 12.5. The molecule has 0 aliphatic carbocycles. The van der Waals surface area contributed by atoms with Gasteiger partial charge in [0.15, 0.2) is 0 Å². The van der Waals surface area contributed by atoms with Crippen LogP contribution in [0.3, 0.4) is 0 Å². The predicted molar refractivity (Wildman–Crippen MR) is 102 cm³/mol. The molecule has 144 valence electrons. The van der Waals surface area contributed by atoms with Crippen LogP contribution in [-0.4, -0.2) is 29.3 Å². The molecule has 0 unspecified atom stereocenters. The van der Waals surface area contributed by atoms with E-state index in [0.717, 1.165) is 4.47 Å². The summed E-state index contributed by atoms with van der Waals surface area (Å²) in [6, 6.07) is 3.85. The molecule has 1 rings (SSSR count). The molecule has 0 spiro atoms. The number of rotatable bonds is 5. The molecule has 7 nitrogen and oxygen atoms in total. The lowest BCUT2D eigenvalue weighted by molar-refractivity contribution is -0.157. The lowest BCUT2D eigenvalue weighted by Crippen LogP contribution is -2.47. The molecule has 0 bridgehead atoms. The van der Waals surface area contributed by atoms with Crippen LogP contribution in [-0.2, 0) is 20.7 Å². The molecule has 0 saturated heterocycles. The van der Waals surface area contributed by atoms with E-state index in [4.69, 9.17) is 9.47 Å². The van der Waals surface area contributed by atoms with Crippen molar-refractivity contribution in [3.05, 3.63) is 33.1 Å². The van der Waals surface area contributed by atoms with Crippen LogP contribution in [0.15, 0.2) is 27.8 Å². The number of benzene rings is 1. The molecule has 1 atom stereocenters. The molecule has 1 amide bonds. The molecule has 0 aromatic heterocycles. The van der Waals surface area contributed by atoms with Crippen molar-refractivity contribution >= 4 is 33.7 Å². The van der Waals surface area contributed by atoms with E-state index in [9.17, 15) is 14.5 Å². The molecule has 1 N–H and O–H groups in total. The highest BCUT2D eigenvalue weighted by atomic mass is 79.9. The Morgan fingerprint density at radius 1 is 1.12 bits per heavy atom. The first-order valence-electron chi connectivity index (χ1n) is 8.15. The lowest BCUT2D eigenvalue weighted by atomic mass is 10.0. The van der Waals surface area contributed by atoms with Gasteiger partial charge in [-0.05, 0) is 70.5 Å². The first-order valence-corrected chi connectivity index (χ1v) is 8.94. The van der Waals surface area contributed by atoms with Gasteiger partial charge >= 0.3 is 12.1 Å². The highest BCUT2D eigenvalue weighted by molar-refractivity contribution is 9.10. The monoisotopic (exact) mass is 428 g/mol. The minimum Gasteiger partial charge on any atom is -0.458 e. The van der Waals surface area contributed by atoms with Gasteiger partial charge in [-0.15, -0.1) is 4.91 Å². The quantitative estimate of drug-likeness (QED) is 0.544. The molecule has 0 aliphatic rings. The highest BCUT2D eigenvalue weighted by Crippen LogP contribution is 2.25. The standard InChI is InChI=1S/C18H25BrN2O5/c1-17(2,3)25-15(22)14(20-16(23)26-18(4,5)6)10-11-9-12(19)7-8-13(11)21-24/h7-9,14H,10H2,1-6H3,(H,20,23)/t14-/m0/s1. The Labute approximate surface area is 161 Å². The molecule has 1 aromatic rings. The van der Waals surface area contributed by atoms with E-state index in [2.05, 4.69) is 26.4 Å². The first kappa shape index (κ1) is 22.1. The number of alkyl carbamates (subject to hydrolysis) is 1. The van der Waals surface area contributed by atoms with E-state index in [1.54, 1.807) is 53.7 Å². The summed E-state index contributed by atoms with van der Waals surface area (Å²) in [6.45, 7) is 10.3. The van der Waals surface area contributed by atoms with Crippen molar-refractivity contribution in [3.63, 3.8) is 0 Å². The number of hydrogen-bond acceptors (Lipinski definition) is 6. The van der Waals surface area contributed by atoms with Crippen LogP contribution in [0.5, 0.6) is 0 Å². The number of nitrogens with zero attached hydrogens (tertiary/aromatic N) is 1. The van der Waals surface area contributed by atoms with E-state index < -0.39 is 29.3 Å². The maximum absolute atomic E-state index is 12.5. The van der Waals surface area contributed by atoms with E-state index in [0.29, 0.717) is 5.56 Å². The fourth-order valence-corrected chi connectivity index (χ4v) is 2.45. The van der Waals surface area contributed by atoms with Gasteiger partial charge in [-0.25, -0.2) is 9.59 Å². The number of halogens is 1. The van der Waals surface area contributed by atoms with Crippen molar-refractivity contribution in [2.75, 3.05) is 0 Å². The first-order chi connectivity index (χ1) is 11.8. The van der Waals surface area contributed by atoms with Crippen LogP contribution in [0.4, 0.5) is 10.5 Å². The van der Waals surface area contributed by atoms with Gasteiger partial charge < -0.3 is 14.8 Å². The lowest BCUT2D eigenvalue weighted by Gasteiger charge is -2.26. The van der Waals surface area contributed by atoms with E-state index in [1.807, 2.05) is 0 Å². The van der Waals surface area contributed by atoms with Crippen molar-refractivity contribution in [3.8, 4) is 0 Å². The van der Waals surface area contributed by atoms with Gasteiger partial charge in [-0.3, -0.25) is 0 Å². The van der Waals surface area contributed by atoms with Gasteiger partial charge in [0.1, 0.15) is 22.9 Å². The van der Waals surface area contributed by atoms with Crippen LogP contribution < -0.4 is 5.32 Å². The van der Waals surface area contributed by atoms with Gasteiger partial charge in [-0.1, -0.05) is 15.9 Å². The van der Waals surface area contributed by atoms with Crippen molar-refractivity contribution in [1.29, 1.82) is 0 Å². The van der Waals surface area contributed by atoms with Gasteiger partial charge in [0.25, 0.3) is 0 Å². The summed E-state index contributed by atoms with van der Waals surface area (Å²) in [5.74, 6) is -0.625. The third-order valence-electron chi connectivity index (χ3n) is 2.95. The van der Waals surface area contributed by atoms with Crippen molar-refractivity contribution in [2.45, 2.75) is 65.2 Å². The summed E-state index contributed by atoms with van der Waals surface area (Å²) >= 11 is 3.32. The summed E-state index contributed by atoms with van der Waals surface area (Å²) in [5.41, 5.74) is -0.754. The number of hydrogen-bond donors (Lipinski definition) is 1. The number of carbonyl (C=O) groups is 2. The van der Waals surface area contributed by atoms with E-state index in [1.165, 1.54) is 6.07 Å². The smallest absolute Gasteiger partial charge is 0.408 e. The Balaban J connectivity index is 3.08. The van der Waals surface area contributed by atoms with Gasteiger partial charge in [-0.2, -0.15) is 0 Å². The number of nitroso groups, excluding NO2 is 1. The second-order valence-corrected chi connectivity index (χ2v) is 8.72. The number of carbonyl (C=O) groups excluding carboxylic acids is 2. The second kappa shape index (κ2) is 8.62. The van der Waals surface area contributed by atoms with Crippen molar-refractivity contribution in [1.82, 2.24) is 5.32 Å². The molecule has 0 heterocycles. The molecule has 0 radical (unpaired) electrons. The molecule has 0 aliphatic heterocycles. The van der Waals surface area contributed by atoms with E-state index in [-0.39, 0.29) is 12.1 Å². The minimum absolute atomic E-state index is 0.0364. The van der Waals surface area contributed by atoms with Crippen LogP contribution in [0, 0.1) is 4.91 Å². The minimum atomic E-state index is -1.03. The highest BCUT2D eigenvalue weighted by Gasteiger charge is 2.29. The largest absolute Gasteiger partial charge is 0.458 e. The topological polar surface area (TPSA) is 94.1 Å². The Bertz CT molecular complexity index is 677. The van der Waals surface area contributed by atoms with Crippen LogP contribution in [0.2, 0.25) is 0 Å². The molecule has 0 saturated carbocycles. The number of esters is 1. The third-order valence-corrected chi connectivity index (χ3v) is 3.44. The van der Waals surface area contributed by atoms with Crippen molar-refractivity contribution < 1.29 is 19.1 Å². The van der Waals surface area contributed by atoms with Crippen molar-refractivity contribution in [2.24, 2.45) is 5.18 Å². The normalized spacial score (nSPS) is 12.9.